The molecule has 106 valence electrons. The first-order valence-corrected chi connectivity index (χ1v) is 6.02. The first-order chi connectivity index (χ1) is 9.56. The highest BCUT2D eigenvalue weighted by molar-refractivity contribution is 5.37. The van der Waals surface area contributed by atoms with Gasteiger partial charge in [0.25, 0.3) is 0 Å². The zero-order valence-electron chi connectivity index (χ0n) is 11.1. The van der Waals surface area contributed by atoms with Crippen LogP contribution in [0.5, 0.6) is 5.75 Å². The number of methoxy groups -OCH3 is 1. The molecule has 20 heavy (non-hydrogen) atoms. The van der Waals surface area contributed by atoms with E-state index in [0.717, 1.165) is 6.07 Å². The van der Waals surface area contributed by atoms with Gasteiger partial charge in [-0.05, 0) is 30.8 Å². The number of ether oxygens (including phenoxy) is 1. The zero-order chi connectivity index (χ0) is 14.7. The second-order valence-corrected chi connectivity index (χ2v) is 4.28. The molecule has 0 heterocycles. The largest absolute Gasteiger partial charge is 0.494 e. The maximum Gasteiger partial charge on any atom is 0.165 e. The molecule has 5 heteroatoms. The smallest absolute Gasteiger partial charge is 0.165 e. The van der Waals surface area contributed by atoms with E-state index in [-0.39, 0.29) is 11.3 Å². The summed E-state index contributed by atoms with van der Waals surface area (Å²) < 4.78 is 45.3. The molecule has 0 saturated heterocycles. The van der Waals surface area contributed by atoms with Crippen LogP contribution in [0.25, 0.3) is 0 Å². The summed E-state index contributed by atoms with van der Waals surface area (Å²) in [7, 11) is 2.99. The molecule has 0 radical (unpaired) electrons. The minimum atomic E-state index is -0.680. The molecule has 2 nitrogen and oxygen atoms in total. The average Bonchev–Trinajstić information content (AvgIpc) is 2.42. The highest BCUT2D eigenvalue weighted by Crippen LogP contribution is 2.28. The van der Waals surface area contributed by atoms with E-state index < -0.39 is 23.5 Å². The molecular formula is C15H14F3NO. The van der Waals surface area contributed by atoms with Crippen LogP contribution in [0.2, 0.25) is 0 Å². The first-order valence-electron chi connectivity index (χ1n) is 6.02. The number of benzene rings is 2. The third-order valence-electron chi connectivity index (χ3n) is 3.07. The Morgan fingerprint density at radius 3 is 2.30 bits per heavy atom. The average molecular weight is 281 g/mol. The molecule has 0 aromatic heterocycles. The van der Waals surface area contributed by atoms with Crippen molar-refractivity contribution in [1.29, 1.82) is 0 Å². The summed E-state index contributed by atoms with van der Waals surface area (Å²) >= 11 is 0. The zero-order valence-corrected chi connectivity index (χ0v) is 11.1. The van der Waals surface area contributed by atoms with Gasteiger partial charge in [0.15, 0.2) is 11.6 Å². The second-order valence-electron chi connectivity index (χ2n) is 4.28. The predicted molar refractivity (Wildman–Crippen MR) is 70.2 cm³/mol. The fourth-order valence-electron chi connectivity index (χ4n) is 2.10. The van der Waals surface area contributed by atoms with Crippen LogP contribution in [0.4, 0.5) is 13.2 Å². The number of hydrogen-bond acceptors (Lipinski definition) is 2. The SMILES string of the molecule is CNC(c1ccc(OC)c(F)c1)c1ccc(F)cc1F. The van der Waals surface area contributed by atoms with E-state index >= 15 is 0 Å². The van der Waals surface area contributed by atoms with E-state index in [0.29, 0.717) is 5.56 Å². The Morgan fingerprint density at radius 1 is 1.00 bits per heavy atom. The molecule has 0 amide bonds. The van der Waals surface area contributed by atoms with Gasteiger partial charge in [-0.1, -0.05) is 12.1 Å². The Balaban J connectivity index is 2.44. The molecule has 0 aliphatic carbocycles. The van der Waals surface area contributed by atoms with E-state index in [1.54, 1.807) is 13.1 Å². The van der Waals surface area contributed by atoms with Gasteiger partial charge in [0, 0.05) is 11.6 Å². The predicted octanol–water partition coefficient (Wildman–Crippen LogP) is 3.42. The number of halogens is 3. The maximum atomic E-state index is 13.8. The summed E-state index contributed by atoms with van der Waals surface area (Å²) in [6.07, 6.45) is 0. The van der Waals surface area contributed by atoms with Gasteiger partial charge in [0.1, 0.15) is 11.6 Å². The number of rotatable bonds is 4. The summed E-state index contributed by atoms with van der Waals surface area (Å²) in [6.45, 7) is 0. The van der Waals surface area contributed by atoms with Crippen LogP contribution >= 0.6 is 0 Å². The summed E-state index contributed by atoms with van der Waals surface area (Å²) in [5.41, 5.74) is 0.773. The lowest BCUT2D eigenvalue weighted by molar-refractivity contribution is 0.386. The Hall–Kier alpha value is -2.01. The van der Waals surface area contributed by atoms with Crippen molar-refractivity contribution in [3.8, 4) is 5.75 Å². The summed E-state index contributed by atoms with van der Waals surface area (Å²) in [4.78, 5) is 0. The normalized spacial score (nSPS) is 12.2. The fraction of sp³-hybridized carbons (Fsp3) is 0.200. The summed E-state index contributed by atoms with van der Waals surface area (Å²) in [6, 6.07) is 7.11. The van der Waals surface area contributed by atoms with Gasteiger partial charge in [0.05, 0.1) is 13.2 Å². The van der Waals surface area contributed by atoms with E-state index in [9.17, 15) is 13.2 Å². The Bertz CT molecular complexity index is 616. The van der Waals surface area contributed by atoms with Crippen molar-refractivity contribution in [3.63, 3.8) is 0 Å². The van der Waals surface area contributed by atoms with Gasteiger partial charge in [-0.25, -0.2) is 13.2 Å². The lowest BCUT2D eigenvalue weighted by Crippen LogP contribution is -2.19. The van der Waals surface area contributed by atoms with Crippen molar-refractivity contribution in [2.24, 2.45) is 0 Å². The van der Waals surface area contributed by atoms with Crippen molar-refractivity contribution in [2.75, 3.05) is 14.2 Å². The van der Waals surface area contributed by atoms with E-state index in [1.807, 2.05) is 0 Å². The highest BCUT2D eigenvalue weighted by atomic mass is 19.1. The first kappa shape index (κ1) is 14.4. The van der Waals surface area contributed by atoms with Gasteiger partial charge < -0.3 is 10.1 Å². The van der Waals surface area contributed by atoms with E-state index in [2.05, 4.69) is 5.32 Å². The van der Waals surface area contributed by atoms with Crippen LogP contribution in [-0.4, -0.2) is 14.2 Å². The van der Waals surface area contributed by atoms with Gasteiger partial charge in [-0.15, -0.1) is 0 Å². The molecule has 0 aliphatic rings. The van der Waals surface area contributed by atoms with Crippen LogP contribution in [0.3, 0.4) is 0 Å². The van der Waals surface area contributed by atoms with Crippen LogP contribution in [0.1, 0.15) is 17.2 Å². The molecule has 0 aliphatic heterocycles. The molecular weight excluding hydrogens is 267 g/mol. The standard InChI is InChI=1S/C15H14F3NO/c1-19-15(11-5-4-10(16)8-12(11)17)9-3-6-14(20-2)13(18)7-9/h3-8,15,19H,1-2H3. The molecule has 1 N–H and O–H groups in total. The second kappa shape index (κ2) is 5.96. The highest BCUT2D eigenvalue weighted by Gasteiger charge is 2.18. The molecule has 0 spiro atoms. The monoisotopic (exact) mass is 281 g/mol. The molecule has 0 fully saturated rings. The van der Waals surface area contributed by atoms with Crippen molar-refractivity contribution in [1.82, 2.24) is 5.32 Å². The minimum absolute atomic E-state index is 0.114. The van der Waals surface area contributed by atoms with Crippen LogP contribution < -0.4 is 10.1 Å². The molecule has 1 atom stereocenters. The maximum absolute atomic E-state index is 13.8. The van der Waals surface area contributed by atoms with E-state index in [1.165, 1.54) is 31.4 Å². The van der Waals surface area contributed by atoms with Crippen molar-refractivity contribution in [2.45, 2.75) is 6.04 Å². The van der Waals surface area contributed by atoms with Crippen molar-refractivity contribution >= 4 is 0 Å². The van der Waals surface area contributed by atoms with Gasteiger partial charge in [0.2, 0.25) is 0 Å². The molecule has 1 unspecified atom stereocenters. The Kier molecular flexibility index (Phi) is 4.29. The quantitative estimate of drug-likeness (QED) is 0.927. The Labute approximate surface area is 115 Å². The Morgan fingerprint density at radius 2 is 1.75 bits per heavy atom. The van der Waals surface area contributed by atoms with Crippen LogP contribution in [0, 0.1) is 17.5 Å². The van der Waals surface area contributed by atoms with Crippen LogP contribution in [0.15, 0.2) is 36.4 Å². The van der Waals surface area contributed by atoms with Crippen molar-refractivity contribution < 1.29 is 17.9 Å². The molecule has 0 bridgehead atoms. The molecule has 0 saturated carbocycles. The fourth-order valence-corrected chi connectivity index (χ4v) is 2.10. The van der Waals surface area contributed by atoms with Gasteiger partial charge >= 0.3 is 0 Å². The third-order valence-corrected chi connectivity index (χ3v) is 3.07. The van der Waals surface area contributed by atoms with E-state index in [4.69, 9.17) is 4.74 Å². The number of nitrogens with one attached hydrogen (secondary N) is 1. The van der Waals surface area contributed by atoms with Gasteiger partial charge in [-0.2, -0.15) is 0 Å². The lowest BCUT2D eigenvalue weighted by atomic mass is 9.98. The topological polar surface area (TPSA) is 21.3 Å². The van der Waals surface area contributed by atoms with Crippen LogP contribution in [-0.2, 0) is 0 Å². The minimum Gasteiger partial charge on any atom is -0.494 e. The molecule has 2 rings (SSSR count). The third kappa shape index (κ3) is 2.77. The van der Waals surface area contributed by atoms with Gasteiger partial charge in [-0.3, -0.25) is 0 Å². The summed E-state index contributed by atoms with van der Waals surface area (Å²) in [5.74, 6) is -1.75. The van der Waals surface area contributed by atoms with Crippen molar-refractivity contribution in [3.05, 3.63) is 65.0 Å². The lowest BCUT2D eigenvalue weighted by Gasteiger charge is -2.18. The summed E-state index contributed by atoms with van der Waals surface area (Å²) in [5, 5.41) is 2.89. The molecule has 2 aromatic carbocycles. The number of hydrogen-bond donors (Lipinski definition) is 1. The molecule has 2 aromatic rings.